The third kappa shape index (κ3) is 5.93. The zero-order valence-corrected chi connectivity index (χ0v) is 23.2. The predicted molar refractivity (Wildman–Crippen MR) is 158 cm³/mol. The summed E-state index contributed by atoms with van der Waals surface area (Å²) in [5, 5.41) is 3.39. The second kappa shape index (κ2) is 12.0. The van der Waals surface area contributed by atoms with Gasteiger partial charge in [0.1, 0.15) is 18.2 Å². The summed E-state index contributed by atoms with van der Waals surface area (Å²) in [7, 11) is 0. The molecule has 6 rings (SSSR count). The maximum absolute atomic E-state index is 5.89. The van der Waals surface area contributed by atoms with Crippen molar-refractivity contribution in [2.24, 2.45) is 0 Å². The van der Waals surface area contributed by atoms with E-state index in [1.807, 2.05) is 60.7 Å². The Morgan fingerprint density at radius 2 is 1.80 bits per heavy atom. The molecule has 0 unspecified atom stereocenters. The van der Waals surface area contributed by atoms with Gasteiger partial charge in [0.15, 0.2) is 5.82 Å². The standard InChI is InChI=1S/C32H36N6O2/c1-3-37-17-16-27-28(20-37)34-31(36-32(27)38-18-19-39-21-23(38)2)25-12-14-26(15-13-25)33-29-10-7-11-30(35-29)40-22-24-8-5-4-6-9-24/h4-15,23H,3,16-22H2,1-2H3,(H,33,35)/t23-/m0/s1. The third-order valence-electron chi connectivity index (χ3n) is 7.58. The first-order chi connectivity index (χ1) is 19.7. The number of nitrogens with one attached hydrogen (secondary N) is 1. The molecule has 2 aromatic heterocycles. The van der Waals surface area contributed by atoms with Gasteiger partial charge in [0.05, 0.1) is 24.9 Å². The van der Waals surface area contributed by atoms with Crippen molar-refractivity contribution in [2.75, 3.05) is 43.1 Å². The molecule has 8 nitrogen and oxygen atoms in total. The SMILES string of the molecule is CCN1CCc2c(nc(-c3ccc(Nc4cccc(OCc5ccccc5)n4)cc3)nc2N2CCOC[C@@H]2C)C1. The molecular formula is C32H36N6O2. The van der Waals surface area contributed by atoms with Crippen LogP contribution >= 0.6 is 0 Å². The molecular weight excluding hydrogens is 500 g/mol. The molecule has 4 aromatic rings. The van der Waals surface area contributed by atoms with E-state index in [1.54, 1.807) is 0 Å². The van der Waals surface area contributed by atoms with Crippen molar-refractivity contribution in [3.05, 3.63) is 89.6 Å². The summed E-state index contributed by atoms with van der Waals surface area (Å²) in [5.41, 5.74) is 5.48. The normalized spacial score (nSPS) is 17.4. The number of morpholine rings is 1. The van der Waals surface area contributed by atoms with Crippen LogP contribution in [0.25, 0.3) is 11.4 Å². The van der Waals surface area contributed by atoms with E-state index in [-0.39, 0.29) is 6.04 Å². The number of anilines is 3. The Morgan fingerprint density at radius 1 is 0.950 bits per heavy atom. The van der Waals surface area contributed by atoms with Crippen LogP contribution in [0.2, 0.25) is 0 Å². The molecule has 2 aliphatic heterocycles. The Balaban J connectivity index is 1.21. The minimum absolute atomic E-state index is 0.288. The van der Waals surface area contributed by atoms with E-state index < -0.39 is 0 Å². The molecule has 0 aliphatic carbocycles. The van der Waals surface area contributed by atoms with Crippen molar-refractivity contribution >= 4 is 17.3 Å². The van der Waals surface area contributed by atoms with Crippen LogP contribution in [0.15, 0.2) is 72.8 Å². The second-order valence-electron chi connectivity index (χ2n) is 10.4. The summed E-state index contributed by atoms with van der Waals surface area (Å²) in [5.74, 6) is 3.15. The van der Waals surface area contributed by atoms with E-state index in [1.165, 1.54) is 5.56 Å². The van der Waals surface area contributed by atoms with Crippen molar-refractivity contribution in [1.29, 1.82) is 0 Å². The predicted octanol–water partition coefficient (Wildman–Crippen LogP) is 5.46. The van der Waals surface area contributed by atoms with Gasteiger partial charge in [0.2, 0.25) is 5.88 Å². The molecule has 0 saturated carbocycles. The molecule has 8 heteroatoms. The van der Waals surface area contributed by atoms with Crippen LogP contribution in [0.1, 0.15) is 30.7 Å². The Morgan fingerprint density at radius 3 is 2.60 bits per heavy atom. The van der Waals surface area contributed by atoms with Crippen LogP contribution in [0.4, 0.5) is 17.3 Å². The Bertz CT molecular complexity index is 1430. The third-order valence-corrected chi connectivity index (χ3v) is 7.58. The Hall–Kier alpha value is -4.01. The number of likely N-dealkylation sites (N-methyl/N-ethyl adjacent to an activating group) is 1. The summed E-state index contributed by atoms with van der Waals surface area (Å²) in [6.45, 7) is 10.1. The summed E-state index contributed by atoms with van der Waals surface area (Å²) in [4.78, 5) is 19.7. The first-order valence-electron chi connectivity index (χ1n) is 14.1. The quantitative estimate of drug-likeness (QED) is 0.318. The lowest BCUT2D eigenvalue weighted by Gasteiger charge is -2.37. The zero-order chi connectivity index (χ0) is 27.3. The van der Waals surface area contributed by atoms with Crippen molar-refractivity contribution in [1.82, 2.24) is 19.9 Å². The summed E-state index contributed by atoms with van der Waals surface area (Å²) >= 11 is 0. The summed E-state index contributed by atoms with van der Waals surface area (Å²) in [6, 6.07) is 24.4. The second-order valence-corrected chi connectivity index (χ2v) is 10.4. The number of rotatable bonds is 8. The highest BCUT2D eigenvalue weighted by molar-refractivity contribution is 5.66. The van der Waals surface area contributed by atoms with Crippen LogP contribution in [0.3, 0.4) is 0 Å². The van der Waals surface area contributed by atoms with Gasteiger partial charge in [-0.3, -0.25) is 4.90 Å². The van der Waals surface area contributed by atoms with Gasteiger partial charge < -0.3 is 19.7 Å². The van der Waals surface area contributed by atoms with Crippen molar-refractivity contribution < 1.29 is 9.47 Å². The molecule has 206 valence electrons. The number of aromatic nitrogens is 3. The van der Waals surface area contributed by atoms with Gasteiger partial charge in [-0.2, -0.15) is 4.98 Å². The van der Waals surface area contributed by atoms with E-state index in [0.29, 0.717) is 12.5 Å². The largest absolute Gasteiger partial charge is 0.473 e. The van der Waals surface area contributed by atoms with Crippen LogP contribution in [-0.4, -0.2) is 58.7 Å². The fourth-order valence-corrected chi connectivity index (χ4v) is 5.29. The van der Waals surface area contributed by atoms with E-state index in [0.717, 1.165) is 85.8 Å². The van der Waals surface area contributed by atoms with Crippen molar-refractivity contribution in [2.45, 2.75) is 39.5 Å². The molecule has 1 saturated heterocycles. The number of nitrogens with zero attached hydrogens (tertiary/aromatic N) is 5. The molecule has 1 N–H and O–H groups in total. The molecule has 0 bridgehead atoms. The number of ether oxygens (including phenoxy) is 2. The molecule has 1 fully saturated rings. The topological polar surface area (TPSA) is 75.6 Å². The minimum atomic E-state index is 0.288. The highest BCUT2D eigenvalue weighted by Gasteiger charge is 2.28. The highest BCUT2D eigenvalue weighted by atomic mass is 16.5. The number of hydrogen-bond donors (Lipinski definition) is 1. The van der Waals surface area contributed by atoms with E-state index in [4.69, 9.17) is 19.4 Å². The Labute approximate surface area is 236 Å². The number of pyridine rings is 1. The first kappa shape index (κ1) is 26.2. The van der Waals surface area contributed by atoms with Gasteiger partial charge in [0, 0.05) is 42.5 Å². The average Bonchev–Trinajstić information content (AvgIpc) is 3.00. The lowest BCUT2D eigenvalue weighted by molar-refractivity contribution is 0.0983. The number of fused-ring (bicyclic) bond motifs is 1. The maximum atomic E-state index is 5.89. The molecule has 0 amide bonds. The lowest BCUT2D eigenvalue weighted by Crippen LogP contribution is -2.45. The molecule has 2 aliphatic rings. The first-order valence-corrected chi connectivity index (χ1v) is 14.1. The fraction of sp³-hybridized carbons (Fsp3) is 0.344. The van der Waals surface area contributed by atoms with Crippen molar-refractivity contribution in [3.63, 3.8) is 0 Å². The molecule has 4 heterocycles. The van der Waals surface area contributed by atoms with Gasteiger partial charge in [0.25, 0.3) is 0 Å². The van der Waals surface area contributed by atoms with Crippen LogP contribution in [-0.2, 0) is 24.3 Å². The van der Waals surface area contributed by atoms with Crippen LogP contribution in [0, 0.1) is 0 Å². The minimum Gasteiger partial charge on any atom is -0.473 e. The lowest BCUT2D eigenvalue weighted by atomic mass is 10.0. The summed E-state index contributed by atoms with van der Waals surface area (Å²) < 4.78 is 11.6. The maximum Gasteiger partial charge on any atom is 0.215 e. The monoisotopic (exact) mass is 536 g/mol. The van der Waals surface area contributed by atoms with E-state index >= 15 is 0 Å². The number of benzene rings is 2. The molecule has 40 heavy (non-hydrogen) atoms. The van der Waals surface area contributed by atoms with Gasteiger partial charge in [-0.25, -0.2) is 9.97 Å². The van der Waals surface area contributed by atoms with Gasteiger partial charge in [-0.15, -0.1) is 0 Å². The highest BCUT2D eigenvalue weighted by Crippen LogP contribution is 2.32. The van der Waals surface area contributed by atoms with Gasteiger partial charge >= 0.3 is 0 Å². The molecule has 1 atom stereocenters. The van der Waals surface area contributed by atoms with Crippen LogP contribution in [0.5, 0.6) is 5.88 Å². The smallest absolute Gasteiger partial charge is 0.215 e. The van der Waals surface area contributed by atoms with Gasteiger partial charge in [-0.05, 0) is 55.8 Å². The molecule has 0 spiro atoms. The van der Waals surface area contributed by atoms with E-state index in [2.05, 4.69) is 46.1 Å². The number of hydrogen-bond acceptors (Lipinski definition) is 8. The van der Waals surface area contributed by atoms with Crippen molar-refractivity contribution in [3.8, 4) is 17.3 Å². The zero-order valence-electron chi connectivity index (χ0n) is 23.2. The molecule has 2 aromatic carbocycles. The molecule has 0 radical (unpaired) electrons. The summed E-state index contributed by atoms with van der Waals surface area (Å²) in [6.07, 6.45) is 0.979. The Kier molecular flexibility index (Phi) is 7.88. The van der Waals surface area contributed by atoms with Crippen LogP contribution < -0.4 is 15.0 Å². The van der Waals surface area contributed by atoms with E-state index in [9.17, 15) is 0 Å². The fourth-order valence-electron chi connectivity index (χ4n) is 5.29. The average molecular weight is 537 g/mol. The van der Waals surface area contributed by atoms with Gasteiger partial charge in [-0.1, -0.05) is 43.3 Å².